The zero-order chi connectivity index (χ0) is 25.2. The lowest BCUT2D eigenvalue weighted by Gasteiger charge is -2.33. The summed E-state index contributed by atoms with van der Waals surface area (Å²) in [6.07, 6.45) is 0.622. The van der Waals surface area contributed by atoms with E-state index in [0.717, 1.165) is 44.7 Å². The highest BCUT2D eigenvalue weighted by atomic mass is 35.5. The maximum absolute atomic E-state index is 12.5. The second-order valence-electron chi connectivity index (χ2n) is 8.60. The lowest BCUT2D eigenvalue weighted by molar-refractivity contribution is -0.384. The number of ether oxygens (including phenoxy) is 1. The van der Waals surface area contributed by atoms with Gasteiger partial charge in [0, 0.05) is 55.2 Å². The average molecular weight is 566 g/mol. The maximum Gasteiger partial charge on any atom is 0.270 e. The number of thiazole rings is 1. The Balaban J connectivity index is 1.09. The van der Waals surface area contributed by atoms with E-state index >= 15 is 0 Å². The molecule has 2 aromatic carbocycles. The number of rotatable bonds is 8. The van der Waals surface area contributed by atoms with Crippen molar-refractivity contribution in [3.8, 4) is 11.3 Å². The Morgan fingerprint density at radius 1 is 1.28 bits per heavy atom. The molecule has 2 heterocycles. The first kappa shape index (κ1) is 25.4. The molecule has 5 rings (SSSR count). The van der Waals surface area contributed by atoms with E-state index in [0.29, 0.717) is 36.2 Å². The summed E-state index contributed by atoms with van der Waals surface area (Å²) in [6, 6.07) is 10.5. The van der Waals surface area contributed by atoms with Crippen molar-refractivity contribution < 1.29 is 14.5 Å². The van der Waals surface area contributed by atoms with E-state index in [1.54, 1.807) is 18.2 Å². The van der Waals surface area contributed by atoms with Gasteiger partial charge < -0.3 is 10.1 Å². The minimum Gasteiger partial charge on any atom is -0.374 e. The number of halogens is 2. The van der Waals surface area contributed by atoms with E-state index in [-0.39, 0.29) is 23.5 Å². The second kappa shape index (κ2) is 11.0. The molecule has 3 aromatic rings. The van der Waals surface area contributed by atoms with Crippen molar-refractivity contribution in [3.63, 3.8) is 0 Å². The van der Waals surface area contributed by atoms with Crippen molar-refractivity contribution in [2.24, 2.45) is 0 Å². The molecule has 1 fully saturated rings. The molecule has 1 aliphatic heterocycles. The third-order valence-corrected chi connectivity index (χ3v) is 8.99. The van der Waals surface area contributed by atoms with Crippen LogP contribution in [-0.2, 0) is 22.5 Å². The summed E-state index contributed by atoms with van der Waals surface area (Å²) in [4.78, 5) is 31.2. The number of nitro benzene ring substituents is 1. The number of amides is 1. The summed E-state index contributed by atoms with van der Waals surface area (Å²) in [5.41, 5.74) is 3.79. The monoisotopic (exact) mass is 564 g/mol. The molecule has 1 aliphatic carbocycles. The van der Waals surface area contributed by atoms with Crippen molar-refractivity contribution >= 4 is 57.9 Å². The molecule has 0 saturated carbocycles. The molecule has 1 atom stereocenters. The van der Waals surface area contributed by atoms with Gasteiger partial charge in [-0.1, -0.05) is 47.1 Å². The van der Waals surface area contributed by atoms with Crippen LogP contribution in [0.4, 0.5) is 5.69 Å². The number of benzene rings is 2. The van der Waals surface area contributed by atoms with E-state index < -0.39 is 4.92 Å². The molecule has 12 heteroatoms. The highest BCUT2D eigenvalue weighted by Gasteiger charge is 2.26. The largest absolute Gasteiger partial charge is 0.374 e. The van der Waals surface area contributed by atoms with Crippen LogP contribution in [0.25, 0.3) is 11.3 Å². The fourth-order valence-electron chi connectivity index (χ4n) is 4.30. The van der Waals surface area contributed by atoms with Crippen LogP contribution in [0.15, 0.2) is 40.7 Å². The van der Waals surface area contributed by atoms with Gasteiger partial charge in [0.2, 0.25) is 5.91 Å². The van der Waals surface area contributed by atoms with E-state index in [1.165, 1.54) is 29.2 Å². The summed E-state index contributed by atoms with van der Waals surface area (Å²) < 4.78 is 6.62. The number of nitrogens with zero attached hydrogens (tertiary/aromatic N) is 3. The third kappa shape index (κ3) is 5.85. The molecular weight excluding hydrogens is 543 g/mol. The quantitative estimate of drug-likeness (QED) is 0.182. The van der Waals surface area contributed by atoms with Gasteiger partial charge in [-0.3, -0.25) is 19.8 Å². The Morgan fingerprint density at radius 2 is 2.14 bits per heavy atom. The number of aromatic nitrogens is 1. The van der Waals surface area contributed by atoms with Crippen LogP contribution in [0.2, 0.25) is 10.0 Å². The molecule has 1 saturated heterocycles. The average Bonchev–Trinajstić information content (AvgIpc) is 3.41. The molecule has 8 nitrogen and oxygen atoms in total. The van der Waals surface area contributed by atoms with Crippen LogP contribution < -0.4 is 5.32 Å². The van der Waals surface area contributed by atoms with E-state index in [9.17, 15) is 14.9 Å². The van der Waals surface area contributed by atoms with Gasteiger partial charge in [0.15, 0.2) is 4.34 Å². The predicted molar refractivity (Wildman–Crippen MR) is 142 cm³/mol. The molecule has 0 bridgehead atoms. The van der Waals surface area contributed by atoms with E-state index in [2.05, 4.69) is 15.2 Å². The minimum atomic E-state index is -0.396. The van der Waals surface area contributed by atoms with Crippen LogP contribution in [0, 0.1) is 10.1 Å². The zero-order valence-electron chi connectivity index (χ0n) is 19.0. The highest BCUT2D eigenvalue weighted by molar-refractivity contribution is 8.01. The van der Waals surface area contributed by atoms with Gasteiger partial charge in [-0.25, -0.2) is 4.98 Å². The number of nitrogens with one attached hydrogen (secondary N) is 1. The Hall–Kier alpha value is -2.21. The molecule has 1 aromatic heterocycles. The molecule has 2 aliphatic rings. The number of fused-ring (bicyclic) bond motifs is 3. The topological polar surface area (TPSA) is 97.6 Å². The second-order valence-corrected chi connectivity index (χ2v) is 11.7. The molecule has 188 valence electrons. The number of hydrogen-bond acceptors (Lipinski definition) is 8. The van der Waals surface area contributed by atoms with Crippen molar-refractivity contribution in [2.45, 2.75) is 23.4 Å². The van der Waals surface area contributed by atoms with Crippen LogP contribution in [0.3, 0.4) is 0 Å². The predicted octanol–water partition coefficient (Wildman–Crippen LogP) is 5.04. The maximum atomic E-state index is 12.5. The molecule has 1 amide bonds. The summed E-state index contributed by atoms with van der Waals surface area (Å²) in [5.74, 6) is 0.157. The molecule has 1 N–H and O–H groups in total. The van der Waals surface area contributed by atoms with Gasteiger partial charge in [-0.2, -0.15) is 0 Å². The summed E-state index contributed by atoms with van der Waals surface area (Å²) in [6.45, 7) is 3.28. The fraction of sp³-hybridized carbons (Fsp3) is 0.333. The van der Waals surface area contributed by atoms with Gasteiger partial charge >= 0.3 is 0 Å². The first-order chi connectivity index (χ1) is 17.4. The van der Waals surface area contributed by atoms with Gasteiger partial charge in [0.1, 0.15) is 0 Å². The van der Waals surface area contributed by atoms with E-state index in [1.807, 2.05) is 12.1 Å². The number of hydrogen-bond donors (Lipinski definition) is 1. The molecule has 0 unspecified atom stereocenters. The third-order valence-electron chi connectivity index (χ3n) is 6.05. The number of morpholine rings is 1. The van der Waals surface area contributed by atoms with Crippen LogP contribution in [0.1, 0.15) is 16.0 Å². The van der Waals surface area contributed by atoms with Crippen molar-refractivity contribution in [1.82, 2.24) is 15.2 Å². The van der Waals surface area contributed by atoms with Gasteiger partial charge in [0.25, 0.3) is 5.69 Å². The van der Waals surface area contributed by atoms with Gasteiger partial charge in [-0.05, 0) is 23.3 Å². The normalized spacial score (nSPS) is 17.0. The Bertz CT molecular complexity index is 1320. The standard InChI is InChI=1S/C24H22Cl2N4O4S2/c25-19-4-1-14(7-20(19)26)11-29-5-6-34-17(12-29)10-27-22(31)13-35-24-28-23-18-9-16(30(32)33)3-2-15(18)8-21(23)36-24/h1-4,7,9,17H,5-6,8,10-13H2,(H,27,31)/t17-/m0/s1. The number of carbonyl (C=O) groups excluding carboxylic acids is 1. The molecule has 0 spiro atoms. The number of non-ortho nitro benzene ring substituents is 1. The van der Waals surface area contributed by atoms with Crippen LogP contribution >= 0.6 is 46.3 Å². The molecular formula is C24H22Cl2N4O4S2. The van der Waals surface area contributed by atoms with Gasteiger partial charge in [-0.15, -0.1) is 11.3 Å². The molecule has 36 heavy (non-hydrogen) atoms. The van der Waals surface area contributed by atoms with Crippen LogP contribution in [-0.4, -0.2) is 58.8 Å². The number of nitro groups is 1. The molecule has 0 radical (unpaired) electrons. The van der Waals surface area contributed by atoms with E-state index in [4.69, 9.17) is 27.9 Å². The smallest absolute Gasteiger partial charge is 0.270 e. The minimum absolute atomic E-state index is 0.0589. The Kier molecular flexibility index (Phi) is 7.80. The SMILES string of the molecule is O=C(CSc1nc2c(s1)Cc1ccc([N+](=O)[O-])cc1-2)NC[C@H]1CN(Cc2ccc(Cl)c(Cl)c2)CCO1. The lowest BCUT2D eigenvalue weighted by Crippen LogP contribution is -2.47. The van der Waals surface area contributed by atoms with Gasteiger partial charge in [0.05, 0.1) is 39.1 Å². The Labute approximate surface area is 226 Å². The van der Waals surface area contributed by atoms with Crippen molar-refractivity contribution in [2.75, 3.05) is 32.0 Å². The van der Waals surface area contributed by atoms with Crippen molar-refractivity contribution in [3.05, 3.63) is 72.6 Å². The Morgan fingerprint density at radius 3 is 2.94 bits per heavy atom. The van der Waals surface area contributed by atoms with Crippen molar-refractivity contribution in [1.29, 1.82) is 0 Å². The summed E-state index contributed by atoms with van der Waals surface area (Å²) in [5, 5.41) is 15.2. The van der Waals surface area contributed by atoms with Crippen LogP contribution in [0.5, 0.6) is 0 Å². The fourth-order valence-corrected chi connectivity index (χ4v) is 6.67. The number of carbonyl (C=O) groups is 1. The number of thioether (sulfide) groups is 1. The first-order valence-electron chi connectivity index (χ1n) is 11.3. The summed E-state index contributed by atoms with van der Waals surface area (Å²) >= 11 is 15.0. The first-order valence-corrected chi connectivity index (χ1v) is 13.9. The summed E-state index contributed by atoms with van der Waals surface area (Å²) in [7, 11) is 0. The zero-order valence-corrected chi connectivity index (χ0v) is 22.2. The highest BCUT2D eigenvalue weighted by Crippen LogP contribution is 2.43. The lowest BCUT2D eigenvalue weighted by atomic mass is 10.1.